The number of aliphatic hydroxyl groups is 1. The fraction of sp³-hybridized carbons (Fsp3) is 0.417. The summed E-state index contributed by atoms with van der Waals surface area (Å²) in [5, 5.41) is 8.79. The van der Waals surface area contributed by atoms with Crippen molar-refractivity contribution in [3.8, 4) is 0 Å². The second-order valence-corrected chi connectivity index (χ2v) is 3.76. The molecule has 15 heavy (non-hydrogen) atoms. The quantitative estimate of drug-likeness (QED) is 0.799. The predicted octanol–water partition coefficient (Wildman–Crippen LogP) is 1.57. The van der Waals surface area contributed by atoms with Crippen LogP contribution >= 0.6 is 0 Å². The zero-order valence-corrected chi connectivity index (χ0v) is 9.66. The highest BCUT2D eigenvalue weighted by atomic mass is 16.3. The van der Waals surface area contributed by atoms with Crippen molar-refractivity contribution in [1.82, 2.24) is 0 Å². The molecule has 0 atom stereocenters. The third kappa shape index (κ3) is 2.18. The first-order valence-corrected chi connectivity index (χ1v) is 4.93. The lowest BCUT2D eigenvalue weighted by Gasteiger charge is -2.20. The Kier molecular flexibility index (Phi) is 3.48. The molecule has 82 valence electrons. The molecule has 0 bridgehead atoms. The van der Waals surface area contributed by atoms with Crippen molar-refractivity contribution < 1.29 is 9.90 Å². The number of carbonyl (C=O) groups excluding carboxylic acids is 1. The molecule has 1 aromatic rings. The van der Waals surface area contributed by atoms with Crippen LogP contribution < -0.4 is 4.90 Å². The summed E-state index contributed by atoms with van der Waals surface area (Å²) >= 11 is 0. The van der Waals surface area contributed by atoms with Crippen molar-refractivity contribution in [2.45, 2.75) is 20.8 Å². The molecule has 0 heterocycles. The van der Waals surface area contributed by atoms with Crippen molar-refractivity contribution in [3.63, 3.8) is 0 Å². The van der Waals surface area contributed by atoms with Crippen molar-refractivity contribution in [3.05, 3.63) is 28.8 Å². The summed E-state index contributed by atoms with van der Waals surface area (Å²) in [6.45, 7) is 5.60. The molecule has 1 N–H and O–H groups in total. The Morgan fingerprint density at radius 3 is 2.40 bits per heavy atom. The van der Waals surface area contributed by atoms with E-state index in [9.17, 15) is 4.79 Å². The lowest BCUT2D eigenvalue weighted by Crippen LogP contribution is -2.29. The molecule has 1 aromatic carbocycles. The van der Waals surface area contributed by atoms with Gasteiger partial charge in [0.1, 0.15) is 6.61 Å². The van der Waals surface area contributed by atoms with Gasteiger partial charge in [-0.05, 0) is 43.5 Å². The van der Waals surface area contributed by atoms with Crippen molar-refractivity contribution in [1.29, 1.82) is 0 Å². The fourth-order valence-corrected chi connectivity index (χ4v) is 1.55. The minimum atomic E-state index is -0.455. The average molecular weight is 207 g/mol. The number of amides is 1. The first-order valence-electron chi connectivity index (χ1n) is 4.93. The molecule has 3 heteroatoms. The van der Waals surface area contributed by atoms with Crippen molar-refractivity contribution >= 4 is 11.6 Å². The van der Waals surface area contributed by atoms with E-state index in [0.29, 0.717) is 0 Å². The van der Waals surface area contributed by atoms with E-state index in [2.05, 4.69) is 0 Å². The third-order valence-electron chi connectivity index (χ3n) is 2.90. The van der Waals surface area contributed by atoms with Crippen LogP contribution in [0, 0.1) is 20.8 Å². The number of aryl methyl sites for hydroxylation is 1. The monoisotopic (exact) mass is 207 g/mol. The highest BCUT2D eigenvalue weighted by molar-refractivity contribution is 5.94. The van der Waals surface area contributed by atoms with Crippen LogP contribution in [0.5, 0.6) is 0 Å². The van der Waals surface area contributed by atoms with Gasteiger partial charge in [0.15, 0.2) is 0 Å². The van der Waals surface area contributed by atoms with Crippen molar-refractivity contribution in [2.75, 3.05) is 18.6 Å². The van der Waals surface area contributed by atoms with Crippen LogP contribution in [-0.4, -0.2) is 24.7 Å². The van der Waals surface area contributed by atoms with Gasteiger partial charge in [0.2, 0.25) is 0 Å². The summed E-state index contributed by atoms with van der Waals surface area (Å²) in [5.74, 6) is -0.290. The minimum Gasteiger partial charge on any atom is -0.387 e. The van der Waals surface area contributed by atoms with Gasteiger partial charge in [-0.3, -0.25) is 4.79 Å². The maximum atomic E-state index is 11.3. The Labute approximate surface area is 90.3 Å². The van der Waals surface area contributed by atoms with Crippen molar-refractivity contribution in [2.24, 2.45) is 0 Å². The molecule has 0 unspecified atom stereocenters. The van der Waals surface area contributed by atoms with E-state index in [1.165, 1.54) is 16.0 Å². The number of rotatable bonds is 2. The van der Waals surface area contributed by atoms with E-state index in [1.807, 2.05) is 32.9 Å². The Balaban J connectivity index is 3.16. The van der Waals surface area contributed by atoms with E-state index in [4.69, 9.17) is 5.11 Å². The lowest BCUT2D eigenvalue weighted by atomic mass is 10.0. The van der Waals surface area contributed by atoms with Gasteiger partial charge in [-0.25, -0.2) is 0 Å². The Hall–Kier alpha value is -1.35. The Bertz CT molecular complexity index is 385. The van der Waals surface area contributed by atoms with Crippen LogP contribution in [0.2, 0.25) is 0 Å². The Morgan fingerprint density at radius 1 is 1.27 bits per heavy atom. The molecule has 0 aromatic heterocycles. The second kappa shape index (κ2) is 4.45. The molecule has 0 radical (unpaired) electrons. The molecule has 0 spiro atoms. The highest BCUT2D eigenvalue weighted by Crippen LogP contribution is 2.24. The van der Waals surface area contributed by atoms with E-state index >= 15 is 0 Å². The Morgan fingerprint density at radius 2 is 1.87 bits per heavy atom. The molecule has 0 saturated carbocycles. The molecule has 0 aliphatic carbocycles. The molecular weight excluding hydrogens is 190 g/mol. The normalized spacial score (nSPS) is 10.2. The molecular formula is C12H17NO2. The number of benzene rings is 1. The molecule has 3 nitrogen and oxygen atoms in total. The van der Waals surface area contributed by atoms with Gasteiger partial charge in [-0.2, -0.15) is 0 Å². The molecule has 0 saturated heterocycles. The van der Waals surface area contributed by atoms with Crippen LogP contribution in [0.15, 0.2) is 12.1 Å². The first-order chi connectivity index (χ1) is 6.99. The molecule has 1 rings (SSSR count). The summed E-state index contributed by atoms with van der Waals surface area (Å²) in [4.78, 5) is 12.8. The smallest absolute Gasteiger partial charge is 0.252 e. The first kappa shape index (κ1) is 11.7. The maximum absolute atomic E-state index is 11.3. The molecule has 0 fully saturated rings. The van der Waals surface area contributed by atoms with E-state index in [1.54, 1.807) is 7.05 Å². The van der Waals surface area contributed by atoms with Gasteiger partial charge < -0.3 is 10.0 Å². The van der Waals surface area contributed by atoms with Gasteiger partial charge in [0.05, 0.1) is 0 Å². The van der Waals surface area contributed by atoms with Gasteiger partial charge in [0, 0.05) is 12.7 Å². The third-order valence-corrected chi connectivity index (χ3v) is 2.90. The standard InChI is InChI=1S/C12H17NO2/c1-8-5-6-11(10(3)9(8)2)13(4)12(15)7-14/h5-6,14H,7H2,1-4H3. The van der Waals surface area contributed by atoms with Gasteiger partial charge >= 0.3 is 0 Å². The van der Waals surface area contributed by atoms with Crippen LogP contribution in [0.1, 0.15) is 16.7 Å². The van der Waals surface area contributed by atoms with Crippen LogP contribution in [0.3, 0.4) is 0 Å². The average Bonchev–Trinajstić information content (AvgIpc) is 2.24. The topological polar surface area (TPSA) is 40.5 Å². The molecule has 0 aliphatic rings. The van der Waals surface area contributed by atoms with E-state index < -0.39 is 6.61 Å². The SMILES string of the molecule is Cc1ccc(N(C)C(=O)CO)c(C)c1C. The number of hydrogen-bond donors (Lipinski definition) is 1. The number of aliphatic hydroxyl groups excluding tert-OH is 1. The van der Waals surface area contributed by atoms with Crippen LogP contribution in [-0.2, 0) is 4.79 Å². The lowest BCUT2D eigenvalue weighted by molar-refractivity contribution is -0.120. The van der Waals surface area contributed by atoms with Gasteiger partial charge in [-0.15, -0.1) is 0 Å². The zero-order chi connectivity index (χ0) is 11.6. The van der Waals surface area contributed by atoms with Gasteiger partial charge in [-0.1, -0.05) is 6.07 Å². The second-order valence-electron chi connectivity index (χ2n) is 3.76. The number of likely N-dealkylation sites (N-methyl/N-ethyl adjacent to an activating group) is 1. The summed E-state index contributed by atoms with van der Waals surface area (Å²) in [5.41, 5.74) is 4.34. The molecule has 1 amide bonds. The number of nitrogens with zero attached hydrogens (tertiary/aromatic N) is 1. The zero-order valence-electron chi connectivity index (χ0n) is 9.66. The summed E-state index contributed by atoms with van der Waals surface area (Å²) in [6, 6.07) is 3.89. The summed E-state index contributed by atoms with van der Waals surface area (Å²) < 4.78 is 0. The minimum absolute atomic E-state index is 0.290. The predicted molar refractivity (Wildman–Crippen MR) is 61.1 cm³/mol. The van der Waals surface area contributed by atoms with Crippen LogP contribution in [0.25, 0.3) is 0 Å². The fourth-order valence-electron chi connectivity index (χ4n) is 1.55. The number of carbonyl (C=O) groups is 1. The molecule has 0 aliphatic heterocycles. The highest BCUT2D eigenvalue weighted by Gasteiger charge is 2.13. The largest absolute Gasteiger partial charge is 0.387 e. The van der Waals surface area contributed by atoms with Gasteiger partial charge in [0.25, 0.3) is 5.91 Å². The van der Waals surface area contributed by atoms with E-state index in [-0.39, 0.29) is 5.91 Å². The van der Waals surface area contributed by atoms with E-state index in [0.717, 1.165) is 11.3 Å². The maximum Gasteiger partial charge on any atom is 0.252 e. The van der Waals surface area contributed by atoms with Crippen LogP contribution in [0.4, 0.5) is 5.69 Å². The number of hydrogen-bond acceptors (Lipinski definition) is 2. The summed E-state index contributed by atoms with van der Waals surface area (Å²) in [7, 11) is 1.68. The summed E-state index contributed by atoms with van der Waals surface area (Å²) in [6.07, 6.45) is 0. The number of anilines is 1.